The van der Waals surface area contributed by atoms with Gasteiger partial charge in [0.15, 0.2) is 0 Å². The summed E-state index contributed by atoms with van der Waals surface area (Å²) in [4.78, 5) is 24.3. The van der Waals surface area contributed by atoms with Crippen molar-refractivity contribution in [3.8, 4) is 0 Å². The molecule has 0 spiro atoms. The zero-order valence-corrected chi connectivity index (χ0v) is 15.7. The van der Waals surface area contributed by atoms with E-state index in [4.69, 9.17) is 11.6 Å². The molecule has 4 nitrogen and oxygen atoms in total. The largest absolute Gasteiger partial charge is 0.325 e. The van der Waals surface area contributed by atoms with Crippen molar-refractivity contribution in [3.63, 3.8) is 0 Å². The number of carbonyl (C=O) groups is 1. The topological polar surface area (TPSA) is 51.1 Å². The van der Waals surface area contributed by atoms with Crippen LogP contribution in [0.25, 0.3) is 0 Å². The molecule has 0 atom stereocenters. The summed E-state index contributed by atoms with van der Waals surface area (Å²) in [5.74, 6) is -0.0612. The Hall–Kier alpha value is -2.85. The van der Waals surface area contributed by atoms with E-state index in [1.165, 1.54) is 11.6 Å². The Morgan fingerprint density at radius 2 is 1.70 bits per heavy atom. The van der Waals surface area contributed by atoms with Crippen LogP contribution in [0.3, 0.4) is 0 Å². The van der Waals surface area contributed by atoms with Crippen LogP contribution < -0.4 is 10.9 Å². The molecule has 27 heavy (non-hydrogen) atoms. The van der Waals surface area contributed by atoms with Crippen molar-refractivity contribution in [2.24, 2.45) is 0 Å². The van der Waals surface area contributed by atoms with Crippen molar-refractivity contribution in [1.29, 1.82) is 0 Å². The number of pyridine rings is 1. The summed E-state index contributed by atoms with van der Waals surface area (Å²) in [7, 11) is 0. The van der Waals surface area contributed by atoms with Gasteiger partial charge in [-0.25, -0.2) is 0 Å². The van der Waals surface area contributed by atoms with Gasteiger partial charge in [-0.3, -0.25) is 9.59 Å². The van der Waals surface area contributed by atoms with Crippen molar-refractivity contribution < 1.29 is 4.79 Å². The molecule has 0 saturated carbocycles. The fraction of sp³-hybridized carbons (Fsp3) is 0.182. The number of amides is 1. The Balaban J connectivity index is 1.59. The zero-order chi connectivity index (χ0) is 19.1. The van der Waals surface area contributed by atoms with Crippen molar-refractivity contribution in [3.05, 3.63) is 99.4 Å². The lowest BCUT2D eigenvalue weighted by Crippen LogP contribution is -2.21. The summed E-state index contributed by atoms with van der Waals surface area (Å²) in [5, 5.41) is 3.48. The van der Waals surface area contributed by atoms with Gasteiger partial charge < -0.3 is 9.88 Å². The molecule has 0 bridgehead atoms. The molecule has 0 aliphatic carbocycles. The van der Waals surface area contributed by atoms with Crippen LogP contribution in [0, 0.1) is 0 Å². The third-order valence-electron chi connectivity index (χ3n) is 4.28. The maximum Gasteiger partial charge on any atom is 0.250 e. The average molecular weight is 381 g/mol. The highest BCUT2D eigenvalue weighted by Gasteiger charge is 2.06. The second-order valence-corrected chi connectivity index (χ2v) is 6.77. The van der Waals surface area contributed by atoms with Crippen LogP contribution in [0.5, 0.6) is 0 Å². The van der Waals surface area contributed by atoms with Gasteiger partial charge in [-0.15, -0.1) is 0 Å². The molecule has 1 N–H and O–H groups in total. The number of hydrogen-bond acceptors (Lipinski definition) is 2. The summed E-state index contributed by atoms with van der Waals surface area (Å²) < 4.78 is 1.54. The molecule has 3 rings (SSSR count). The monoisotopic (exact) mass is 380 g/mol. The minimum atomic E-state index is -0.142. The Morgan fingerprint density at radius 1 is 0.963 bits per heavy atom. The van der Waals surface area contributed by atoms with Gasteiger partial charge >= 0.3 is 0 Å². The van der Waals surface area contributed by atoms with Gasteiger partial charge in [0, 0.05) is 23.7 Å². The molecule has 5 heteroatoms. The summed E-state index contributed by atoms with van der Waals surface area (Å²) in [5.41, 5.74) is 2.54. The number of aryl methyl sites for hydroxylation is 1. The summed E-state index contributed by atoms with van der Waals surface area (Å²) >= 11 is 6.17. The number of rotatable bonds is 7. The van der Waals surface area contributed by atoms with Gasteiger partial charge in [-0.2, -0.15) is 0 Å². The standard InChI is InChI=1S/C22H21ClN2O2/c23-20-11-5-4-10-18(20)15-25-16-19(13-14-22(25)27)24-21(26)12-6-9-17-7-2-1-3-8-17/h1-5,7-8,10-11,13-14,16H,6,9,12,15H2,(H,24,26). The van der Waals surface area contributed by atoms with Crippen LogP contribution in [-0.2, 0) is 17.8 Å². The number of nitrogens with zero attached hydrogens (tertiary/aromatic N) is 1. The number of halogens is 1. The van der Waals surface area contributed by atoms with Crippen molar-refractivity contribution in [2.75, 3.05) is 5.32 Å². The fourth-order valence-corrected chi connectivity index (χ4v) is 3.06. The Kier molecular flexibility index (Phi) is 6.44. The van der Waals surface area contributed by atoms with Crippen molar-refractivity contribution >= 4 is 23.2 Å². The molecular formula is C22H21ClN2O2. The number of nitrogens with one attached hydrogen (secondary N) is 1. The number of aromatic nitrogens is 1. The third-order valence-corrected chi connectivity index (χ3v) is 4.65. The average Bonchev–Trinajstić information content (AvgIpc) is 2.67. The molecule has 1 heterocycles. The highest BCUT2D eigenvalue weighted by molar-refractivity contribution is 6.31. The lowest BCUT2D eigenvalue weighted by atomic mass is 10.1. The van der Waals surface area contributed by atoms with Gasteiger partial charge in [0.1, 0.15) is 0 Å². The fourth-order valence-electron chi connectivity index (χ4n) is 2.86. The maximum absolute atomic E-state index is 12.2. The van der Waals surface area contributed by atoms with E-state index < -0.39 is 0 Å². The van der Waals surface area contributed by atoms with Crippen molar-refractivity contribution in [1.82, 2.24) is 4.57 Å². The highest BCUT2D eigenvalue weighted by Crippen LogP contribution is 2.16. The second kappa shape index (κ2) is 9.19. The van der Waals surface area contributed by atoms with Crippen LogP contribution in [0.15, 0.2) is 77.7 Å². The first-order chi connectivity index (χ1) is 13.1. The first-order valence-corrected chi connectivity index (χ1v) is 9.27. The van der Waals surface area contributed by atoms with Gasteiger partial charge in [-0.1, -0.05) is 60.1 Å². The van der Waals surface area contributed by atoms with E-state index in [0.717, 1.165) is 18.4 Å². The first kappa shape index (κ1) is 18.9. The van der Waals surface area contributed by atoms with Crippen LogP contribution in [0.2, 0.25) is 5.02 Å². The van der Waals surface area contributed by atoms with Crippen LogP contribution in [0.1, 0.15) is 24.0 Å². The van der Waals surface area contributed by atoms with E-state index in [2.05, 4.69) is 17.4 Å². The summed E-state index contributed by atoms with van der Waals surface area (Å²) in [6.45, 7) is 0.357. The van der Waals surface area contributed by atoms with Gasteiger partial charge in [-0.05, 0) is 36.1 Å². The predicted molar refractivity (Wildman–Crippen MR) is 109 cm³/mol. The number of hydrogen-bond donors (Lipinski definition) is 1. The number of benzene rings is 2. The summed E-state index contributed by atoms with van der Waals surface area (Å²) in [6, 6.07) is 20.6. The SMILES string of the molecule is O=C(CCCc1ccccc1)Nc1ccc(=O)n(Cc2ccccc2Cl)c1. The Bertz CT molecular complexity index is 967. The van der Waals surface area contributed by atoms with E-state index in [-0.39, 0.29) is 11.5 Å². The van der Waals surface area contributed by atoms with Crippen molar-refractivity contribution in [2.45, 2.75) is 25.8 Å². The summed E-state index contributed by atoms with van der Waals surface area (Å²) in [6.07, 6.45) is 3.72. The molecule has 0 radical (unpaired) electrons. The van der Waals surface area contributed by atoms with Crippen LogP contribution in [0.4, 0.5) is 5.69 Å². The molecule has 1 amide bonds. The first-order valence-electron chi connectivity index (χ1n) is 8.89. The molecule has 2 aromatic carbocycles. The minimum absolute atomic E-state index is 0.0612. The molecule has 0 aliphatic heterocycles. The highest BCUT2D eigenvalue weighted by atomic mass is 35.5. The number of carbonyl (C=O) groups excluding carboxylic acids is 1. The maximum atomic E-state index is 12.2. The normalized spacial score (nSPS) is 10.6. The Morgan fingerprint density at radius 3 is 2.48 bits per heavy atom. The molecule has 0 fully saturated rings. The van der Waals surface area contributed by atoms with E-state index in [1.807, 2.05) is 36.4 Å². The lowest BCUT2D eigenvalue weighted by molar-refractivity contribution is -0.116. The molecule has 1 aromatic heterocycles. The zero-order valence-electron chi connectivity index (χ0n) is 14.9. The second-order valence-electron chi connectivity index (χ2n) is 6.36. The molecule has 0 unspecified atom stereocenters. The smallest absolute Gasteiger partial charge is 0.250 e. The van der Waals surface area contributed by atoms with E-state index in [1.54, 1.807) is 22.9 Å². The number of anilines is 1. The minimum Gasteiger partial charge on any atom is -0.325 e. The van der Waals surface area contributed by atoms with E-state index in [9.17, 15) is 9.59 Å². The predicted octanol–water partition coefficient (Wildman–Crippen LogP) is 4.51. The molecular weight excluding hydrogens is 360 g/mol. The van der Waals surface area contributed by atoms with E-state index in [0.29, 0.717) is 23.7 Å². The molecule has 0 saturated heterocycles. The lowest BCUT2D eigenvalue weighted by Gasteiger charge is -2.11. The van der Waals surface area contributed by atoms with Gasteiger partial charge in [0.2, 0.25) is 5.91 Å². The van der Waals surface area contributed by atoms with E-state index >= 15 is 0 Å². The molecule has 138 valence electrons. The van der Waals surface area contributed by atoms with Gasteiger partial charge in [0.25, 0.3) is 5.56 Å². The Labute approximate surface area is 163 Å². The van der Waals surface area contributed by atoms with Crippen LogP contribution in [-0.4, -0.2) is 10.5 Å². The van der Waals surface area contributed by atoms with Crippen LogP contribution >= 0.6 is 11.6 Å². The third kappa shape index (κ3) is 5.56. The molecule has 3 aromatic rings. The van der Waals surface area contributed by atoms with Gasteiger partial charge in [0.05, 0.1) is 12.2 Å². The quantitative estimate of drug-likeness (QED) is 0.655. The molecule has 0 aliphatic rings.